The predicted molar refractivity (Wildman–Crippen MR) is 123 cm³/mol. The fourth-order valence-corrected chi connectivity index (χ4v) is 4.10. The van der Waals surface area contributed by atoms with E-state index in [1.165, 1.54) is 0 Å². The number of likely N-dealkylation sites (tertiary alicyclic amines) is 1. The predicted octanol–water partition coefficient (Wildman–Crippen LogP) is 6.48. The maximum Gasteiger partial charge on any atom is 0.410 e. The lowest BCUT2D eigenvalue weighted by molar-refractivity contribution is 0.0879. The highest BCUT2D eigenvalue weighted by molar-refractivity contribution is 5.77. The molecule has 5 heteroatoms. The Labute approximate surface area is 187 Å². The molecule has 1 aliphatic heterocycles. The van der Waals surface area contributed by atoms with Gasteiger partial charge in [-0.2, -0.15) is 0 Å². The normalized spacial score (nSPS) is 15.6. The van der Waals surface area contributed by atoms with Crippen LogP contribution in [0.15, 0.2) is 95.4 Å². The average Bonchev–Trinajstić information content (AvgIpc) is 3.52. The van der Waals surface area contributed by atoms with Gasteiger partial charge < -0.3 is 9.15 Å². The molecule has 5 nitrogen and oxygen atoms in total. The van der Waals surface area contributed by atoms with Crippen LogP contribution in [-0.4, -0.2) is 22.5 Å². The van der Waals surface area contributed by atoms with E-state index in [-0.39, 0.29) is 18.7 Å². The van der Waals surface area contributed by atoms with Crippen LogP contribution in [0.3, 0.4) is 0 Å². The highest BCUT2D eigenvalue weighted by Gasteiger charge is 2.35. The molecule has 3 aromatic carbocycles. The number of amides is 1. The summed E-state index contributed by atoms with van der Waals surface area (Å²) in [6.45, 7) is 0.876. The number of ether oxygens (including phenoxy) is 1. The minimum Gasteiger partial charge on any atom is -0.445 e. The lowest BCUT2D eigenvalue weighted by atomic mass is 10.1. The first-order valence-electron chi connectivity index (χ1n) is 10.9. The third-order valence-electron chi connectivity index (χ3n) is 5.70. The Kier molecular flexibility index (Phi) is 5.71. The molecule has 1 aliphatic rings. The minimum absolute atomic E-state index is 0.238. The van der Waals surface area contributed by atoms with Gasteiger partial charge in [0.15, 0.2) is 5.76 Å². The van der Waals surface area contributed by atoms with Crippen molar-refractivity contribution in [3.63, 3.8) is 0 Å². The van der Waals surface area contributed by atoms with Gasteiger partial charge in [-0.15, -0.1) is 0 Å². The summed E-state index contributed by atoms with van der Waals surface area (Å²) in [5.41, 5.74) is 3.70. The number of hydrogen-bond donors (Lipinski definition) is 0. The highest BCUT2D eigenvalue weighted by atomic mass is 16.6. The third-order valence-corrected chi connectivity index (χ3v) is 5.70. The zero-order valence-electron chi connectivity index (χ0n) is 17.7. The second-order valence-corrected chi connectivity index (χ2v) is 7.85. The van der Waals surface area contributed by atoms with Crippen LogP contribution in [0.5, 0.6) is 0 Å². The highest BCUT2D eigenvalue weighted by Crippen LogP contribution is 2.39. The number of carbonyl (C=O) groups is 1. The van der Waals surface area contributed by atoms with Crippen LogP contribution in [0.1, 0.15) is 30.3 Å². The van der Waals surface area contributed by atoms with Crippen LogP contribution in [-0.2, 0) is 11.3 Å². The molecule has 1 atom stereocenters. The Bertz CT molecular complexity index is 1120. The molecule has 4 aromatic rings. The number of benzene rings is 3. The molecule has 2 heterocycles. The molecule has 160 valence electrons. The van der Waals surface area contributed by atoms with E-state index in [9.17, 15) is 4.79 Å². The Morgan fingerprint density at radius 3 is 2.22 bits per heavy atom. The zero-order valence-corrected chi connectivity index (χ0v) is 17.7. The molecule has 1 fully saturated rings. The van der Waals surface area contributed by atoms with E-state index >= 15 is 0 Å². The molecule has 0 bridgehead atoms. The summed E-state index contributed by atoms with van der Waals surface area (Å²) in [5.74, 6) is 1.27. The second-order valence-electron chi connectivity index (χ2n) is 7.85. The molecule has 1 amide bonds. The Hall–Kier alpha value is -3.86. The maximum atomic E-state index is 12.9. The Balaban J connectivity index is 1.43. The summed E-state index contributed by atoms with van der Waals surface area (Å²) >= 11 is 0. The van der Waals surface area contributed by atoms with Crippen molar-refractivity contribution >= 4 is 6.09 Å². The van der Waals surface area contributed by atoms with E-state index in [1.807, 2.05) is 91.0 Å². The first kappa shape index (κ1) is 20.1. The maximum absolute atomic E-state index is 12.9. The molecular formula is C27H24N2O3. The first-order chi connectivity index (χ1) is 15.8. The van der Waals surface area contributed by atoms with Crippen molar-refractivity contribution in [2.45, 2.75) is 25.5 Å². The van der Waals surface area contributed by atoms with E-state index in [4.69, 9.17) is 14.1 Å². The van der Waals surface area contributed by atoms with Gasteiger partial charge >= 0.3 is 6.09 Å². The molecule has 1 aromatic heterocycles. The summed E-state index contributed by atoms with van der Waals surface area (Å²) in [6.07, 6.45) is 1.34. The fourth-order valence-electron chi connectivity index (χ4n) is 4.10. The number of nitrogens with zero attached hydrogens (tertiary/aromatic N) is 2. The van der Waals surface area contributed by atoms with Crippen LogP contribution in [0.4, 0.5) is 4.79 Å². The van der Waals surface area contributed by atoms with Crippen LogP contribution >= 0.6 is 0 Å². The van der Waals surface area contributed by atoms with Crippen molar-refractivity contribution in [3.05, 3.63) is 102 Å². The second kappa shape index (κ2) is 9.10. The Morgan fingerprint density at radius 2 is 1.53 bits per heavy atom. The molecule has 0 N–H and O–H groups in total. The number of carbonyl (C=O) groups excluding carboxylic acids is 1. The smallest absolute Gasteiger partial charge is 0.410 e. The van der Waals surface area contributed by atoms with Gasteiger partial charge in [-0.1, -0.05) is 91.0 Å². The van der Waals surface area contributed by atoms with Gasteiger partial charge in [0, 0.05) is 17.7 Å². The van der Waals surface area contributed by atoms with Gasteiger partial charge in [-0.25, -0.2) is 9.78 Å². The largest absolute Gasteiger partial charge is 0.445 e. The van der Waals surface area contributed by atoms with Crippen molar-refractivity contribution in [2.24, 2.45) is 0 Å². The molecule has 0 saturated carbocycles. The quantitative estimate of drug-likeness (QED) is 0.368. The summed E-state index contributed by atoms with van der Waals surface area (Å²) in [7, 11) is 0. The van der Waals surface area contributed by atoms with Crippen molar-refractivity contribution in [2.75, 3.05) is 6.54 Å². The number of hydrogen-bond acceptors (Lipinski definition) is 4. The summed E-state index contributed by atoms with van der Waals surface area (Å²) in [4.78, 5) is 19.5. The van der Waals surface area contributed by atoms with Crippen molar-refractivity contribution < 1.29 is 13.9 Å². The third kappa shape index (κ3) is 4.14. The molecule has 1 saturated heterocycles. The SMILES string of the molecule is O=C(OCc1ccccc1)N1CCCC1c1nc(-c2ccccc2)c(-c2ccccc2)o1. The molecule has 1 unspecified atom stereocenters. The van der Waals surface area contributed by atoms with Gasteiger partial charge in [0.25, 0.3) is 0 Å². The van der Waals surface area contributed by atoms with Gasteiger partial charge in [0.2, 0.25) is 5.89 Å². The zero-order chi connectivity index (χ0) is 21.8. The number of aromatic nitrogens is 1. The van der Waals surface area contributed by atoms with E-state index in [0.717, 1.165) is 41.0 Å². The van der Waals surface area contributed by atoms with E-state index in [2.05, 4.69) is 0 Å². The average molecular weight is 425 g/mol. The van der Waals surface area contributed by atoms with Gasteiger partial charge in [0.05, 0.1) is 0 Å². The molecule has 0 spiro atoms. The van der Waals surface area contributed by atoms with Gasteiger partial charge in [-0.3, -0.25) is 4.90 Å². The first-order valence-corrected chi connectivity index (χ1v) is 10.9. The van der Waals surface area contributed by atoms with Crippen molar-refractivity contribution in [3.8, 4) is 22.6 Å². The van der Waals surface area contributed by atoms with Crippen molar-refractivity contribution in [1.29, 1.82) is 0 Å². The molecule has 32 heavy (non-hydrogen) atoms. The number of rotatable bonds is 5. The van der Waals surface area contributed by atoms with Gasteiger partial charge in [0.1, 0.15) is 18.3 Å². The minimum atomic E-state index is -0.336. The molecule has 5 rings (SSSR count). The molecule has 0 aliphatic carbocycles. The van der Waals surface area contributed by atoms with Crippen LogP contribution in [0.25, 0.3) is 22.6 Å². The summed E-state index contributed by atoms with van der Waals surface area (Å²) in [5, 5.41) is 0. The fraction of sp³-hybridized carbons (Fsp3) is 0.185. The van der Waals surface area contributed by atoms with Crippen LogP contribution < -0.4 is 0 Å². The van der Waals surface area contributed by atoms with Crippen LogP contribution in [0.2, 0.25) is 0 Å². The summed E-state index contributed by atoms with van der Waals surface area (Å²) in [6, 6.07) is 29.4. The lowest BCUT2D eigenvalue weighted by Gasteiger charge is -2.21. The van der Waals surface area contributed by atoms with E-state index in [0.29, 0.717) is 12.4 Å². The van der Waals surface area contributed by atoms with Gasteiger partial charge in [-0.05, 0) is 18.4 Å². The summed E-state index contributed by atoms with van der Waals surface area (Å²) < 4.78 is 11.9. The standard InChI is InChI=1S/C27H24N2O3/c30-27(31-19-20-11-4-1-5-12-20)29-18-10-17-23(29)26-28-24(21-13-6-2-7-14-21)25(32-26)22-15-8-3-9-16-22/h1-9,11-16,23H,10,17-19H2. The van der Waals surface area contributed by atoms with Crippen molar-refractivity contribution in [1.82, 2.24) is 9.88 Å². The number of oxazole rings is 1. The molecular weight excluding hydrogens is 400 g/mol. The topological polar surface area (TPSA) is 55.6 Å². The lowest BCUT2D eigenvalue weighted by Crippen LogP contribution is -2.31. The molecule has 0 radical (unpaired) electrons. The monoisotopic (exact) mass is 424 g/mol. The van der Waals surface area contributed by atoms with E-state index < -0.39 is 0 Å². The van der Waals surface area contributed by atoms with E-state index in [1.54, 1.807) is 4.90 Å². The van der Waals surface area contributed by atoms with Crippen LogP contribution in [0, 0.1) is 0 Å². The Morgan fingerprint density at radius 1 is 0.906 bits per heavy atom.